The number of hydrogen-bond acceptors (Lipinski definition) is 4. The fraction of sp³-hybridized carbons (Fsp3) is 0.0952. The normalized spacial score (nSPS) is 10.9. The van der Waals surface area contributed by atoms with E-state index in [1.165, 1.54) is 28.2 Å². The molecule has 0 bridgehead atoms. The van der Waals surface area contributed by atoms with Gasteiger partial charge in [-0.1, -0.05) is 18.2 Å². The highest BCUT2D eigenvalue weighted by atomic mass is 32.1. The molecule has 0 fully saturated rings. The second-order valence-electron chi connectivity index (χ2n) is 6.42. The fourth-order valence-electron chi connectivity index (χ4n) is 2.97. The number of benzene rings is 2. The van der Waals surface area contributed by atoms with Crippen LogP contribution >= 0.6 is 11.3 Å². The highest BCUT2D eigenvalue weighted by Crippen LogP contribution is 2.29. The first kappa shape index (κ1) is 18.9. The van der Waals surface area contributed by atoms with Crippen LogP contribution < -0.4 is 5.32 Å². The Bertz CT molecular complexity index is 1220. The molecular weight excluding hydrogens is 394 g/mol. The average Bonchev–Trinajstić information content (AvgIpc) is 3.30. The second kappa shape index (κ2) is 7.56. The van der Waals surface area contributed by atoms with Crippen molar-refractivity contribution in [2.24, 2.45) is 7.05 Å². The summed E-state index contributed by atoms with van der Waals surface area (Å²) in [5, 5.41) is 10.0. The summed E-state index contributed by atoms with van der Waals surface area (Å²) in [6, 6.07) is 12.4. The van der Waals surface area contributed by atoms with Crippen molar-refractivity contribution in [3.63, 3.8) is 0 Å². The van der Waals surface area contributed by atoms with E-state index in [9.17, 15) is 13.6 Å². The van der Waals surface area contributed by atoms with Gasteiger partial charge in [-0.25, -0.2) is 13.8 Å². The summed E-state index contributed by atoms with van der Waals surface area (Å²) in [5.41, 5.74) is 3.27. The number of hydrogen-bond donors (Lipinski definition) is 1. The van der Waals surface area contributed by atoms with Gasteiger partial charge in [-0.15, -0.1) is 11.3 Å². The van der Waals surface area contributed by atoms with Crippen LogP contribution in [-0.2, 0) is 7.05 Å². The van der Waals surface area contributed by atoms with E-state index >= 15 is 0 Å². The van der Waals surface area contributed by atoms with Crippen molar-refractivity contribution < 1.29 is 13.6 Å². The number of halogens is 2. The highest BCUT2D eigenvalue weighted by molar-refractivity contribution is 7.09. The third-order valence-corrected chi connectivity index (χ3v) is 5.17. The van der Waals surface area contributed by atoms with Gasteiger partial charge in [0.1, 0.15) is 5.69 Å². The molecule has 0 spiro atoms. The Morgan fingerprint density at radius 1 is 1.07 bits per heavy atom. The smallest absolute Gasteiger partial charge is 0.273 e. The quantitative estimate of drug-likeness (QED) is 0.512. The molecule has 0 saturated heterocycles. The number of carbonyl (C=O) groups excluding carboxylic acids is 1. The lowest BCUT2D eigenvalue weighted by atomic mass is 10.1. The second-order valence-corrected chi connectivity index (χ2v) is 7.48. The number of aryl methyl sites for hydroxylation is 2. The number of rotatable bonds is 4. The van der Waals surface area contributed by atoms with Crippen LogP contribution in [0.2, 0.25) is 0 Å². The number of para-hydroxylation sites is 1. The number of nitrogens with zero attached hydrogens (tertiary/aromatic N) is 3. The molecule has 5 nitrogen and oxygen atoms in total. The predicted octanol–water partition coefficient (Wildman–Crippen LogP) is 5.05. The van der Waals surface area contributed by atoms with E-state index in [2.05, 4.69) is 15.4 Å². The van der Waals surface area contributed by atoms with Gasteiger partial charge in [-0.3, -0.25) is 9.48 Å². The summed E-state index contributed by atoms with van der Waals surface area (Å²) in [6.07, 6.45) is 0. The third kappa shape index (κ3) is 3.79. The van der Waals surface area contributed by atoms with Crippen LogP contribution in [-0.4, -0.2) is 20.7 Å². The first-order valence-electron chi connectivity index (χ1n) is 8.74. The Hall–Kier alpha value is -3.39. The van der Waals surface area contributed by atoms with E-state index in [1.807, 2.05) is 30.5 Å². The van der Waals surface area contributed by atoms with Gasteiger partial charge in [0.25, 0.3) is 5.91 Å². The first-order chi connectivity index (χ1) is 13.9. The Morgan fingerprint density at radius 2 is 1.86 bits per heavy atom. The molecule has 2 heterocycles. The molecule has 0 aliphatic carbocycles. The molecular formula is C21H16F2N4OS. The Labute approximate surface area is 169 Å². The molecule has 2 aromatic heterocycles. The SMILES string of the molecule is Cc1nc(-c2ccccc2NC(=O)c2cc(-c3ccc(F)c(F)c3)nn2C)cs1. The van der Waals surface area contributed by atoms with Gasteiger partial charge < -0.3 is 5.32 Å². The zero-order valence-electron chi connectivity index (χ0n) is 15.6. The molecule has 0 aliphatic heterocycles. The van der Waals surface area contributed by atoms with Crippen LogP contribution in [0.3, 0.4) is 0 Å². The Morgan fingerprint density at radius 3 is 2.59 bits per heavy atom. The molecule has 8 heteroatoms. The molecule has 29 heavy (non-hydrogen) atoms. The fourth-order valence-corrected chi connectivity index (χ4v) is 3.58. The lowest BCUT2D eigenvalue weighted by Gasteiger charge is -2.09. The molecule has 2 aromatic carbocycles. The minimum absolute atomic E-state index is 0.286. The van der Waals surface area contributed by atoms with E-state index in [1.54, 1.807) is 13.1 Å². The summed E-state index contributed by atoms with van der Waals surface area (Å²) in [7, 11) is 1.62. The van der Waals surface area contributed by atoms with Crippen molar-refractivity contribution in [2.45, 2.75) is 6.92 Å². The van der Waals surface area contributed by atoms with E-state index in [0.29, 0.717) is 16.9 Å². The Balaban J connectivity index is 1.63. The molecule has 1 N–H and O–H groups in total. The maximum absolute atomic E-state index is 13.5. The van der Waals surface area contributed by atoms with Gasteiger partial charge in [0.2, 0.25) is 0 Å². The van der Waals surface area contributed by atoms with Gasteiger partial charge in [-0.2, -0.15) is 5.10 Å². The summed E-state index contributed by atoms with van der Waals surface area (Å²) < 4.78 is 28.1. The number of carbonyl (C=O) groups is 1. The van der Waals surface area contributed by atoms with E-state index in [4.69, 9.17) is 0 Å². The third-order valence-electron chi connectivity index (χ3n) is 4.40. The van der Waals surface area contributed by atoms with Crippen LogP contribution in [0, 0.1) is 18.6 Å². The zero-order chi connectivity index (χ0) is 20.5. The van der Waals surface area contributed by atoms with Crippen LogP contribution in [0.15, 0.2) is 53.9 Å². The van der Waals surface area contributed by atoms with Gasteiger partial charge in [0.05, 0.1) is 22.1 Å². The van der Waals surface area contributed by atoms with Crippen molar-refractivity contribution in [1.82, 2.24) is 14.8 Å². The van der Waals surface area contributed by atoms with Crippen molar-refractivity contribution in [2.75, 3.05) is 5.32 Å². The number of nitrogens with one attached hydrogen (secondary N) is 1. The maximum Gasteiger partial charge on any atom is 0.273 e. The van der Waals surface area contributed by atoms with Crippen LogP contribution in [0.1, 0.15) is 15.5 Å². The average molecular weight is 410 g/mol. The van der Waals surface area contributed by atoms with Crippen molar-refractivity contribution >= 4 is 22.9 Å². The zero-order valence-corrected chi connectivity index (χ0v) is 16.4. The van der Waals surface area contributed by atoms with E-state index < -0.39 is 11.6 Å². The van der Waals surface area contributed by atoms with Gasteiger partial charge in [0, 0.05) is 23.6 Å². The summed E-state index contributed by atoms with van der Waals surface area (Å²) >= 11 is 1.53. The summed E-state index contributed by atoms with van der Waals surface area (Å²) in [4.78, 5) is 17.3. The molecule has 146 valence electrons. The van der Waals surface area contributed by atoms with Gasteiger partial charge in [0.15, 0.2) is 11.6 Å². The van der Waals surface area contributed by atoms with E-state index in [0.717, 1.165) is 28.4 Å². The summed E-state index contributed by atoms with van der Waals surface area (Å²) in [6.45, 7) is 1.92. The minimum Gasteiger partial charge on any atom is -0.320 e. The van der Waals surface area contributed by atoms with Crippen LogP contribution in [0.5, 0.6) is 0 Å². The standard InChI is InChI=1S/C21H16F2N4OS/c1-12-24-19(11-29-12)14-5-3-4-6-17(14)25-21(28)20-10-18(26-27(20)2)13-7-8-15(22)16(23)9-13/h3-11H,1-2H3,(H,25,28). The molecule has 0 saturated carbocycles. The van der Waals surface area contributed by atoms with Crippen molar-refractivity contribution in [3.05, 3.63) is 76.2 Å². The Kier molecular flexibility index (Phi) is 4.94. The lowest BCUT2D eigenvalue weighted by molar-refractivity contribution is 0.101. The molecule has 1 amide bonds. The van der Waals surface area contributed by atoms with Gasteiger partial charge >= 0.3 is 0 Å². The highest BCUT2D eigenvalue weighted by Gasteiger charge is 2.17. The predicted molar refractivity (Wildman–Crippen MR) is 109 cm³/mol. The van der Waals surface area contributed by atoms with Crippen LogP contribution in [0.25, 0.3) is 22.5 Å². The number of anilines is 1. The van der Waals surface area contributed by atoms with Crippen LogP contribution in [0.4, 0.5) is 14.5 Å². The number of amides is 1. The molecule has 0 radical (unpaired) electrons. The molecule has 4 aromatic rings. The topological polar surface area (TPSA) is 59.8 Å². The van der Waals surface area contributed by atoms with Crippen molar-refractivity contribution in [1.29, 1.82) is 0 Å². The maximum atomic E-state index is 13.5. The van der Waals surface area contributed by atoms with Gasteiger partial charge in [-0.05, 0) is 37.3 Å². The van der Waals surface area contributed by atoms with E-state index in [-0.39, 0.29) is 11.6 Å². The molecule has 4 rings (SSSR count). The number of aromatic nitrogens is 3. The molecule has 0 unspecified atom stereocenters. The minimum atomic E-state index is -0.966. The first-order valence-corrected chi connectivity index (χ1v) is 9.62. The van der Waals surface area contributed by atoms with Crippen molar-refractivity contribution in [3.8, 4) is 22.5 Å². The molecule has 0 atom stereocenters. The monoisotopic (exact) mass is 410 g/mol. The largest absolute Gasteiger partial charge is 0.320 e. The molecule has 0 aliphatic rings. The number of thiazole rings is 1. The summed E-state index contributed by atoms with van der Waals surface area (Å²) in [5.74, 6) is -2.27. The lowest BCUT2D eigenvalue weighted by Crippen LogP contribution is -2.16.